The zero-order valence-electron chi connectivity index (χ0n) is 20.2. The molecule has 30 heavy (non-hydrogen) atoms. The Hall–Kier alpha value is -0.860. The molecule has 0 saturated heterocycles. The highest BCUT2D eigenvalue weighted by atomic mass is 16.3. The van der Waals surface area contributed by atoms with E-state index in [0.29, 0.717) is 17.3 Å². The Labute approximate surface area is 185 Å². The quantitative estimate of drug-likeness (QED) is 0.492. The van der Waals surface area contributed by atoms with Crippen molar-refractivity contribution < 1.29 is 10.2 Å². The first kappa shape index (κ1) is 23.8. The predicted molar refractivity (Wildman–Crippen MR) is 127 cm³/mol. The Morgan fingerprint density at radius 2 is 2.00 bits per heavy atom. The molecule has 2 nitrogen and oxygen atoms in total. The van der Waals surface area contributed by atoms with Crippen LogP contribution in [0.2, 0.25) is 0 Å². The van der Waals surface area contributed by atoms with Crippen molar-refractivity contribution in [3.63, 3.8) is 0 Å². The summed E-state index contributed by atoms with van der Waals surface area (Å²) in [4.78, 5) is 0. The molecule has 2 heteroatoms. The fourth-order valence-corrected chi connectivity index (χ4v) is 6.98. The first-order chi connectivity index (χ1) is 14.0. The molecule has 0 heterocycles. The van der Waals surface area contributed by atoms with Gasteiger partial charge in [-0.05, 0) is 105 Å². The van der Waals surface area contributed by atoms with Crippen LogP contribution in [0.15, 0.2) is 35.5 Å². The summed E-state index contributed by atoms with van der Waals surface area (Å²) >= 11 is 0. The number of fused-ring (bicyclic) bond motifs is 1. The average Bonchev–Trinajstić information content (AvgIpc) is 3.00. The lowest BCUT2D eigenvalue weighted by molar-refractivity contribution is 0.0596. The highest BCUT2D eigenvalue weighted by molar-refractivity contribution is 5.38. The van der Waals surface area contributed by atoms with Crippen molar-refractivity contribution >= 4 is 0 Å². The number of aliphatic hydroxyl groups excluding tert-OH is 1. The van der Waals surface area contributed by atoms with Gasteiger partial charge in [-0.15, -0.1) is 0 Å². The van der Waals surface area contributed by atoms with Gasteiger partial charge in [0.2, 0.25) is 0 Å². The fourth-order valence-electron chi connectivity index (χ4n) is 6.98. The SMILES string of the molecule is C=C1/C(=C\C=C2/CCC[C@@]3(C)C2CCC3[C@H](C)CCCC(C)(C)O)C[C@@H](C)C[C@@H]1O. The van der Waals surface area contributed by atoms with Crippen molar-refractivity contribution in [3.05, 3.63) is 35.5 Å². The van der Waals surface area contributed by atoms with E-state index in [0.717, 1.165) is 43.1 Å². The van der Waals surface area contributed by atoms with Crippen molar-refractivity contribution in [2.45, 2.75) is 111 Å². The molecule has 2 N–H and O–H groups in total. The summed E-state index contributed by atoms with van der Waals surface area (Å²) in [6, 6.07) is 0. The minimum absolute atomic E-state index is 0.365. The second kappa shape index (κ2) is 9.33. The average molecular weight is 415 g/mol. The van der Waals surface area contributed by atoms with Crippen molar-refractivity contribution in [3.8, 4) is 0 Å². The lowest BCUT2D eigenvalue weighted by Crippen LogP contribution is -2.36. The molecule has 170 valence electrons. The summed E-state index contributed by atoms with van der Waals surface area (Å²) in [5, 5.41) is 20.3. The van der Waals surface area contributed by atoms with E-state index in [1.165, 1.54) is 44.1 Å². The third-order valence-electron chi connectivity index (χ3n) is 8.68. The molecule has 0 aliphatic heterocycles. The van der Waals surface area contributed by atoms with Crippen LogP contribution in [-0.2, 0) is 0 Å². The van der Waals surface area contributed by atoms with E-state index < -0.39 is 5.60 Å². The second-order valence-corrected chi connectivity index (χ2v) is 11.8. The van der Waals surface area contributed by atoms with Crippen LogP contribution in [0.1, 0.15) is 98.8 Å². The number of hydrogen-bond acceptors (Lipinski definition) is 2. The molecule has 0 amide bonds. The number of aliphatic hydroxyl groups is 2. The molecule has 0 aromatic rings. The van der Waals surface area contributed by atoms with E-state index in [2.05, 4.69) is 39.5 Å². The molecule has 3 aliphatic rings. The Kier molecular flexibility index (Phi) is 7.40. The highest BCUT2D eigenvalue weighted by Gasteiger charge is 2.50. The van der Waals surface area contributed by atoms with Crippen LogP contribution in [0.25, 0.3) is 0 Å². The first-order valence-corrected chi connectivity index (χ1v) is 12.5. The van der Waals surface area contributed by atoms with E-state index in [-0.39, 0.29) is 6.10 Å². The summed E-state index contributed by atoms with van der Waals surface area (Å²) < 4.78 is 0. The lowest BCUT2D eigenvalue weighted by atomic mass is 9.60. The minimum atomic E-state index is -0.537. The van der Waals surface area contributed by atoms with Gasteiger partial charge >= 0.3 is 0 Å². The van der Waals surface area contributed by atoms with E-state index >= 15 is 0 Å². The Morgan fingerprint density at radius 1 is 1.27 bits per heavy atom. The van der Waals surface area contributed by atoms with Crippen LogP contribution in [0, 0.1) is 29.1 Å². The van der Waals surface area contributed by atoms with Crippen LogP contribution in [-0.4, -0.2) is 21.9 Å². The van der Waals surface area contributed by atoms with Crippen molar-refractivity contribution in [2.75, 3.05) is 0 Å². The van der Waals surface area contributed by atoms with Gasteiger partial charge in [0.1, 0.15) is 0 Å². The molecular formula is C28H46O2. The van der Waals surface area contributed by atoms with Gasteiger partial charge in [0.25, 0.3) is 0 Å². The van der Waals surface area contributed by atoms with Crippen LogP contribution < -0.4 is 0 Å². The van der Waals surface area contributed by atoms with E-state index in [1.807, 2.05) is 13.8 Å². The zero-order chi connectivity index (χ0) is 22.1. The van der Waals surface area contributed by atoms with Gasteiger partial charge in [-0.3, -0.25) is 0 Å². The molecule has 3 rings (SSSR count). The van der Waals surface area contributed by atoms with Crippen LogP contribution in [0.3, 0.4) is 0 Å². The maximum Gasteiger partial charge on any atom is 0.0789 e. The van der Waals surface area contributed by atoms with E-state index in [4.69, 9.17) is 0 Å². The van der Waals surface area contributed by atoms with Crippen LogP contribution in [0.4, 0.5) is 0 Å². The number of rotatable bonds is 6. The normalized spacial score (nSPS) is 38.8. The largest absolute Gasteiger partial charge is 0.390 e. The molecule has 0 aromatic carbocycles. The van der Waals surface area contributed by atoms with E-state index in [9.17, 15) is 10.2 Å². The monoisotopic (exact) mass is 414 g/mol. The van der Waals surface area contributed by atoms with Crippen molar-refractivity contribution in [1.82, 2.24) is 0 Å². The van der Waals surface area contributed by atoms with Gasteiger partial charge in [0, 0.05) is 0 Å². The molecule has 3 fully saturated rings. The smallest absolute Gasteiger partial charge is 0.0789 e. The molecule has 0 aromatic heterocycles. The first-order valence-electron chi connectivity index (χ1n) is 12.5. The third-order valence-corrected chi connectivity index (χ3v) is 8.68. The molecule has 0 radical (unpaired) electrons. The second-order valence-electron chi connectivity index (χ2n) is 11.8. The molecule has 0 spiro atoms. The summed E-state index contributed by atoms with van der Waals surface area (Å²) in [7, 11) is 0. The predicted octanol–water partition coefficient (Wildman–Crippen LogP) is 6.98. The standard InChI is InChI=1S/C28H46O2/c1-19-17-23(21(3)26(29)18-19)12-11-22-10-8-16-28(6)24(13-14-25(22)28)20(2)9-7-15-27(4,5)30/h11-12,19-20,24-26,29-30H,3,7-10,13-18H2,1-2,4-6H3/b22-11+,23-12-/t19-,20-,24?,25?,26+,28-/m1/s1. The Morgan fingerprint density at radius 3 is 2.70 bits per heavy atom. The Bertz CT molecular complexity index is 679. The van der Waals surface area contributed by atoms with Gasteiger partial charge < -0.3 is 10.2 Å². The topological polar surface area (TPSA) is 40.5 Å². The van der Waals surface area contributed by atoms with Gasteiger partial charge in [-0.1, -0.05) is 57.9 Å². The minimum Gasteiger partial charge on any atom is -0.390 e. The molecule has 0 bridgehead atoms. The summed E-state index contributed by atoms with van der Waals surface area (Å²) in [6.07, 6.45) is 16.0. The third kappa shape index (κ3) is 5.30. The summed E-state index contributed by atoms with van der Waals surface area (Å²) in [6.45, 7) is 15.3. The van der Waals surface area contributed by atoms with Crippen molar-refractivity contribution in [2.24, 2.45) is 29.1 Å². The lowest BCUT2D eigenvalue weighted by Gasteiger charge is -2.44. The fraction of sp³-hybridized carbons (Fsp3) is 0.786. The van der Waals surface area contributed by atoms with Gasteiger partial charge in [-0.2, -0.15) is 0 Å². The highest BCUT2D eigenvalue weighted by Crippen LogP contribution is 2.60. The van der Waals surface area contributed by atoms with Gasteiger partial charge in [-0.25, -0.2) is 0 Å². The van der Waals surface area contributed by atoms with Crippen molar-refractivity contribution in [1.29, 1.82) is 0 Å². The molecule has 3 aliphatic carbocycles. The number of hydrogen-bond donors (Lipinski definition) is 2. The molecule has 6 atom stereocenters. The van der Waals surface area contributed by atoms with Gasteiger partial charge in [0.15, 0.2) is 0 Å². The maximum atomic E-state index is 10.3. The maximum absolute atomic E-state index is 10.3. The molecule has 3 saturated carbocycles. The van der Waals surface area contributed by atoms with E-state index in [1.54, 1.807) is 5.57 Å². The number of allylic oxidation sites excluding steroid dienone is 3. The van der Waals surface area contributed by atoms with Crippen LogP contribution >= 0.6 is 0 Å². The molecular weight excluding hydrogens is 368 g/mol. The molecule has 2 unspecified atom stereocenters. The van der Waals surface area contributed by atoms with Crippen LogP contribution in [0.5, 0.6) is 0 Å². The Balaban J connectivity index is 1.70. The summed E-state index contributed by atoms with van der Waals surface area (Å²) in [5.41, 5.74) is 3.73. The zero-order valence-corrected chi connectivity index (χ0v) is 20.2. The summed E-state index contributed by atoms with van der Waals surface area (Å²) in [5.74, 6) is 2.78. The van der Waals surface area contributed by atoms with Gasteiger partial charge in [0.05, 0.1) is 11.7 Å².